The summed E-state index contributed by atoms with van der Waals surface area (Å²) in [6.07, 6.45) is 0.179. The monoisotopic (exact) mass is 340 g/mol. The van der Waals surface area contributed by atoms with E-state index in [0.29, 0.717) is 29.6 Å². The van der Waals surface area contributed by atoms with Gasteiger partial charge >= 0.3 is 6.18 Å². The average molecular weight is 340 g/mol. The molecule has 1 aromatic carbocycles. The van der Waals surface area contributed by atoms with Gasteiger partial charge in [-0.25, -0.2) is 4.98 Å². The molecular formula is C18H23F3N2O. The van der Waals surface area contributed by atoms with E-state index in [2.05, 4.69) is 9.88 Å². The van der Waals surface area contributed by atoms with Crippen LogP contribution in [0.25, 0.3) is 11.1 Å². The molecule has 1 aromatic heterocycles. The second kappa shape index (κ2) is 6.39. The molecule has 1 saturated carbocycles. The maximum absolute atomic E-state index is 13.4. The number of hydrogen-bond donors (Lipinski definition) is 0. The van der Waals surface area contributed by atoms with E-state index in [-0.39, 0.29) is 11.5 Å². The lowest BCUT2D eigenvalue weighted by Crippen LogP contribution is -2.28. The lowest BCUT2D eigenvalue weighted by Gasteiger charge is -2.24. The molecule has 0 atom stereocenters. The maximum atomic E-state index is 13.4. The molecule has 0 radical (unpaired) electrons. The Kier molecular flexibility index (Phi) is 4.60. The minimum atomic E-state index is -4.45. The summed E-state index contributed by atoms with van der Waals surface area (Å²) in [6.45, 7) is 4.20. The first-order valence-corrected chi connectivity index (χ1v) is 8.46. The van der Waals surface area contributed by atoms with Crippen LogP contribution < -0.4 is 0 Å². The van der Waals surface area contributed by atoms with Crippen molar-refractivity contribution >= 4 is 11.1 Å². The van der Waals surface area contributed by atoms with Crippen molar-refractivity contribution < 1.29 is 17.6 Å². The first kappa shape index (κ1) is 17.3. The number of benzene rings is 1. The molecule has 3 rings (SSSR count). The molecular weight excluding hydrogens is 317 g/mol. The van der Waals surface area contributed by atoms with Crippen molar-refractivity contribution in [1.29, 1.82) is 0 Å². The molecule has 3 nitrogen and oxygen atoms in total. The van der Waals surface area contributed by atoms with E-state index in [4.69, 9.17) is 4.42 Å². The first-order chi connectivity index (χ1) is 11.3. The molecule has 24 heavy (non-hydrogen) atoms. The Bertz CT molecular complexity index is 715. The van der Waals surface area contributed by atoms with Crippen LogP contribution >= 0.6 is 0 Å². The number of halogens is 3. The van der Waals surface area contributed by atoms with Gasteiger partial charge in [-0.15, -0.1) is 0 Å². The highest BCUT2D eigenvalue weighted by Crippen LogP contribution is 2.37. The summed E-state index contributed by atoms with van der Waals surface area (Å²) in [4.78, 5) is 6.42. The fourth-order valence-electron chi connectivity index (χ4n) is 3.42. The number of rotatable bonds is 4. The van der Waals surface area contributed by atoms with Crippen LogP contribution in [0.1, 0.15) is 62.5 Å². The van der Waals surface area contributed by atoms with Gasteiger partial charge in [0.2, 0.25) is 0 Å². The number of aromatic nitrogens is 1. The fourth-order valence-corrected chi connectivity index (χ4v) is 3.42. The lowest BCUT2D eigenvalue weighted by atomic mass is 10.1. The van der Waals surface area contributed by atoms with Crippen molar-refractivity contribution in [3.05, 3.63) is 29.2 Å². The van der Waals surface area contributed by atoms with Crippen LogP contribution in [0.2, 0.25) is 0 Å². The highest BCUT2D eigenvalue weighted by Gasteiger charge is 2.35. The number of alkyl halides is 3. The van der Waals surface area contributed by atoms with Crippen molar-refractivity contribution in [3.8, 4) is 0 Å². The molecule has 2 aromatic rings. The Morgan fingerprint density at radius 1 is 1.25 bits per heavy atom. The average Bonchev–Trinajstić information content (AvgIpc) is 3.14. The predicted octanol–water partition coefficient (Wildman–Crippen LogP) is 5.34. The zero-order valence-electron chi connectivity index (χ0n) is 14.3. The summed E-state index contributed by atoms with van der Waals surface area (Å²) >= 11 is 0. The van der Waals surface area contributed by atoms with Crippen LogP contribution in [0, 0.1) is 0 Å². The Morgan fingerprint density at radius 3 is 2.50 bits per heavy atom. The van der Waals surface area contributed by atoms with Gasteiger partial charge in [-0.2, -0.15) is 13.2 Å². The molecule has 0 unspecified atom stereocenters. The summed E-state index contributed by atoms with van der Waals surface area (Å²) in [5, 5.41) is 0. The number of nitrogens with zero attached hydrogens (tertiary/aromatic N) is 2. The fraction of sp³-hybridized carbons (Fsp3) is 0.611. The summed E-state index contributed by atoms with van der Waals surface area (Å²) < 4.78 is 45.7. The van der Waals surface area contributed by atoms with Gasteiger partial charge in [0.15, 0.2) is 11.5 Å². The minimum Gasteiger partial charge on any atom is -0.440 e. The van der Waals surface area contributed by atoms with Crippen LogP contribution in [-0.2, 0) is 12.7 Å². The molecule has 1 aliphatic rings. The summed E-state index contributed by atoms with van der Waals surface area (Å²) in [6, 6.07) is 3.40. The van der Waals surface area contributed by atoms with Gasteiger partial charge in [-0.1, -0.05) is 26.7 Å². The zero-order chi connectivity index (χ0) is 17.5. The zero-order valence-corrected chi connectivity index (χ0v) is 14.3. The molecule has 0 aliphatic heterocycles. The van der Waals surface area contributed by atoms with Crippen LogP contribution in [-0.4, -0.2) is 23.0 Å². The molecule has 0 saturated heterocycles. The van der Waals surface area contributed by atoms with E-state index >= 15 is 0 Å². The van der Waals surface area contributed by atoms with Gasteiger partial charge in [-0.05, 0) is 37.6 Å². The standard InChI is InChI=1S/C18H23F3N2O/c1-11(2)17-22-15-9-12(10-23(3)13-6-4-5-7-13)8-14(16(15)24-17)18(19,20)21/h8-9,11,13H,4-7,10H2,1-3H3. The Labute approximate surface area is 139 Å². The molecule has 1 fully saturated rings. The van der Waals surface area contributed by atoms with E-state index in [1.807, 2.05) is 20.9 Å². The van der Waals surface area contributed by atoms with Gasteiger partial charge in [0.1, 0.15) is 11.1 Å². The summed E-state index contributed by atoms with van der Waals surface area (Å²) in [5.41, 5.74) is 0.0452. The third-order valence-corrected chi connectivity index (χ3v) is 4.75. The van der Waals surface area contributed by atoms with Crippen LogP contribution in [0.15, 0.2) is 16.5 Å². The molecule has 132 valence electrons. The molecule has 0 bridgehead atoms. The van der Waals surface area contributed by atoms with E-state index in [9.17, 15) is 13.2 Å². The van der Waals surface area contributed by atoms with Crippen molar-refractivity contribution in [2.24, 2.45) is 0 Å². The second-order valence-corrected chi connectivity index (χ2v) is 7.05. The van der Waals surface area contributed by atoms with Crippen LogP contribution in [0.4, 0.5) is 13.2 Å². The predicted molar refractivity (Wildman–Crippen MR) is 86.8 cm³/mol. The highest BCUT2D eigenvalue weighted by molar-refractivity contribution is 5.78. The minimum absolute atomic E-state index is 0.0527. The van der Waals surface area contributed by atoms with Crippen molar-refractivity contribution in [3.63, 3.8) is 0 Å². The van der Waals surface area contributed by atoms with E-state index in [1.165, 1.54) is 18.9 Å². The van der Waals surface area contributed by atoms with Gasteiger partial charge in [-0.3, -0.25) is 4.90 Å². The Hall–Kier alpha value is -1.56. The number of fused-ring (bicyclic) bond motifs is 1. The first-order valence-electron chi connectivity index (χ1n) is 8.46. The maximum Gasteiger partial charge on any atom is 0.420 e. The molecule has 0 N–H and O–H groups in total. The second-order valence-electron chi connectivity index (χ2n) is 7.05. The van der Waals surface area contributed by atoms with E-state index in [0.717, 1.165) is 12.8 Å². The number of hydrogen-bond acceptors (Lipinski definition) is 3. The van der Waals surface area contributed by atoms with Gasteiger partial charge in [0.05, 0.1) is 0 Å². The van der Waals surface area contributed by atoms with Gasteiger partial charge in [0.25, 0.3) is 0 Å². The Balaban J connectivity index is 1.99. The van der Waals surface area contributed by atoms with Gasteiger partial charge in [0, 0.05) is 18.5 Å². The molecule has 6 heteroatoms. The Morgan fingerprint density at radius 2 is 1.92 bits per heavy atom. The lowest BCUT2D eigenvalue weighted by molar-refractivity contribution is -0.136. The van der Waals surface area contributed by atoms with E-state index in [1.54, 1.807) is 6.07 Å². The molecule has 0 amide bonds. The molecule has 0 spiro atoms. The van der Waals surface area contributed by atoms with Crippen molar-refractivity contribution in [1.82, 2.24) is 9.88 Å². The van der Waals surface area contributed by atoms with Gasteiger partial charge < -0.3 is 4.42 Å². The molecule has 1 heterocycles. The summed E-state index contributed by atoms with van der Waals surface area (Å²) in [5.74, 6) is 0.292. The van der Waals surface area contributed by atoms with E-state index < -0.39 is 11.7 Å². The SMILES string of the molecule is CC(C)c1nc2cc(CN(C)C3CCCC3)cc(C(F)(F)F)c2o1. The topological polar surface area (TPSA) is 29.3 Å². The smallest absolute Gasteiger partial charge is 0.420 e. The number of oxazole rings is 1. The third kappa shape index (κ3) is 3.43. The van der Waals surface area contributed by atoms with Crippen molar-refractivity contribution in [2.75, 3.05) is 7.05 Å². The molecule has 1 aliphatic carbocycles. The quantitative estimate of drug-likeness (QED) is 0.752. The summed E-state index contributed by atoms with van der Waals surface area (Å²) in [7, 11) is 1.98. The van der Waals surface area contributed by atoms with Crippen molar-refractivity contribution in [2.45, 2.75) is 64.2 Å². The third-order valence-electron chi connectivity index (χ3n) is 4.75. The highest BCUT2D eigenvalue weighted by atomic mass is 19.4. The largest absolute Gasteiger partial charge is 0.440 e. The normalized spacial score (nSPS) is 16.8. The van der Waals surface area contributed by atoms with Crippen LogP contribution in [0.3, 0.4) is 0 Å². The van der Waals surface area contributed by atoms with Crippen LogP contribution in [0.5, 0.6) is 0 Å².